The topological polar surface area (TPSA) is 213 Å². The molecular weight excluding hydrogens is 540 g/mol. The van der Waals surface area contributed by atoms with Gasteiger partial charge in [0.2, 0.25) is 5.78 Å². The van der Waals surface area contributed by atoms with E-state index in [-0.39, 0.29) is 30.7 Å². The normalized spacial score (nSPS) is 25.0. The number of Topliss-reactive ketones (excluding diaryl/α,β-unsaturated/α-hetero) is 3. The molecule has 0 heterocycles. The number of aliphatic hydroxyl groups excluding tert-OH is 2. The van der Waals surface area contributed by atoms with E-state index in [0.29, 0.717) is 18.5 Å². The molecule has 4 rings (SSSR count). The number of aromatic hydroxyl groups is 1. The number of carboxylic acid groups (broad SMARTS) is 2. The zero-order valence-corrected chi connectivity index (χ0v) is 22.6. The molecule has 1 aromatic rings. The van der Waals surface area contributed by atoms with Crippen LogP contribution in [0.3, 0.4) is 0 Å². The van der Waals surface area contributed by atoms with E-state index < -0.39 is 69.9 Å². The fourth-order valence-corrected chi connectivity index (χ4v) is 5.90. The lowest BCUT2D eigenvalue weighted by Crippen LogP contribution is -2.65. The van der Waals surface area contributed by atoms with Crippen LogP contribution in [0.1, 0.15) is 37.5 Å². The number of carbonyl (C=O) groups excluding carboxylic acids is 3. The molecule has 0 unspecified atom stereocenters. The first-order valence-corrected chi connectivity index (χ1v) is 12.3. The Bertz CT molecular complexity index is 1360. The molecule has 0 aliphatic heterocycles. The molecule has 4 atom stereocenters. The number of aliphatic carboxylic acids is 2. The summed E-state index contributed by atoms with van der Waals surface area (Å²) in [5, 5.41) is 59.0. The number of fused-ring (bicyclic) bond motifs is 3. The first-order valence-electron chi connectivity index (χ1n) is 12.3. The number of aliphatic hydroxyl groups is 3. The minimum absolute atomic E-state index is 0. The van der Waals surface area contributed by atoms with Crippen LogP contribution < -0.4 is 0 Å². The van der Waals surface area contributed by atoms with Crippen molar-refractivity contribution in [2.24, 2.45) is 11.8 Å². The lowest BCUT2D eigenvalue weighted by Gasteiger charge is -2.50. The van der Waals surface area contributed by atoms with Gasteiger partial charge in [0.15, 0.2) is 17.2 Å². The number of phenolic OH excluding ortho intramolecular Hbond substituents is 1. The molecule has 13 heteroatoms. The van der Waals surface area contributed by atoms with Crippen molar-refractivity contribution in [3.05, 3.63) is 45.7 Å². The van der Waals surface area contributed by atoms with Crippen LogP contribution in [0.5, 0.6) is 5.75 Å². The summed E-state index contributed by atoms with van der Waals surface area (Å²) in [4.78, 5) is 60.8. The first-order chi connectivity index (χ1) is 18.5. The van der Waals surface area contributed by atoms with Gasteiger partial charge in [-0.15, -0.1) is 0 Å². The van der Waals surface area contributed by atoms with Gasteiger partial charge >= 0.3 is 11.9 Å². The largest absolute Gasteiger partial charge is 0.508 e. The number of benzene rings is 1. The van der Waals surface area contributed by atoms with Crippen molar-refractivity contribution in [1.82, 2.24) is 9.80 Å². The number of phenols is 1. The average Bonchev–Trinajstić information content (AvgIpc) is 2.82. The van der Waals surface area contributed by atoms with Gasteiger partial charge in [0.1, 0.15) is 22.8 Å². The van der Waals surface area contributed by atoms with E-state index in [0.717, 1.165) is 12.5 Å². The summed E-state index contributed by atoms with van der Waals surface area (Å²) in [7, 11) is 7.01. The molecule has 1 aromatic carbocycles. The van der Waals surface area contributed by atoms with Gasteiger partial charge in [0, 0.05) is 18.0 Å². The van der Waals surface area contributed by atoms with E-state index in [9.17, 15) is 34.8 Å². The molecule has 0 aromatic heterocycles. The Kier molecular flexibility index (Phi) is 9.54. The van der Waals surface area contributed by atoms with Crippen molar-refractivity contribution >= 4 is 35.0 Å². The highest BCUT2D eigenvalue weighted by Crippen LogP contribution is 2.53. The van der Waals surface area contributed by atoms with E-state index >= 15 is 0 Å². The zero-order valence-electron chi connectivity index (χ0n) is 22.6. The zero-order chi connectivity index (χ0) is 30.4. The molecule has 13 nitrogen and oxygen atoms in total. The minimum atomic E-state index is -2.54. The van der Waals surface area contributed by atoms with Crippen LogP contribution in [0, 0.1) is 11.8 Å². The highest BCUT2D eigenvalue weighted by Gasteiger charge is 2.64. The van der Waals surface area contributed by atoms with Crippen LogP contribution >= 0.6 is 0 Å². The molecule has 224 valence electrons. The number of nitrogens with zero attached hydrogens (tertiary/aromatic N) is 2. The van der Waals surface area contributed by atoms with Gasteiger partial charge in [0.25, 0.3) is 0 Å². The SMILES string of the molecule is C.CC(=O)C1=C(O)[C@@]2(O)C(=O)C3=C(O)c4c(O)ccc(CN(C)C)c4C[C@H]3C[C@H]2[C@H](N(C)C)C1=O.O=C(O)C(=O)O. The van der Waals surface area contributed by atoms with Gasteiger partial charge in [-0.1, -0.05) is 13.5 Å². The maximum absolute atomic E-state index is 13.8. The molecule has 41 heavy (non-hydrogen) atoms. The lowest BCUT2D eigenvalue weighted by molar-refractivity contribution is -0.159. The van der Waals surface area contributed by atoms with Crippen LogP contribution in [-0.2, 0) is 36.9 Å². The van der Waals surface area contributed by atoms with Crippen molar-refractivity contribution in [2.75, 3.05) is 28.2 Å². The summed E-state index contributed by atoms with van der Waals surface area (Å²) >= 11 is 0. The Hall–Kier alpha value is -4.07. The van der Waals surface area contributed by atoms with Gasteiger partial charge in [-0.2, -0.15) is 0 Å². The standard InChI is InChI=1S/C25H30N2O7.C2H2O4.CH4/c1-11(28)17-22(31)20(27(4)5)15-9-13-8-14-12(10-26(2)3)6-7-16(29)19(14)21(30)18(13)24(33)25(15,34)23(17)32;3-1(4)2(5)6;/h6-7,13,15,20,29-30,32,34H,8-10H2,1-5H3;(H,3,4)(H,5,6);1H4/t13-,15-,20-,25+;;/m0../s1. The van der Waals surface area contributed by atoms with Crippen molar-refractivity contribution in [3.63, 3.8) is 0 Å². The molecule has 0 spiro atoms. The van der Waals surface area contributed by atoms with Crippen molar-refractivity contribution in [3.8, 4) is 5.75 Å². The third-order valence-corrected chi connectivity index (χ3v) is 7.48. The third kappa shape index (κ3) is 5.47. The Labute approximate surface area is 236 Å². The van der Waals surface area contributed by atoms with Crippen LogP contribution in [0.15, 0.2) is 29.0 Å². The summed E-state index contributed by atoms with van der Waals surface area (Å²) in [6.45, 7) is 1.64. The van der Waals surface area contributed by atoms with E-state index in [1.165, 1.54) is 11.0 Å². The minimum Gasteiger partial charge on any atom is -0.508 e. The van der Waals surface area contributed by atoms with Gasteiger partial charge in [0.05, 0.1) is 11.6 Å². The van der Waals surface area contributed by atoms with E-state index in [2.05, 4.69) is 0 Å². The number of hydrogen-bond donors (Lipinski definition) is 6. The third-order valence-electron chi connectivity index (χ3n) is 7.48. The predicted molar refractivity (Wildman–Crippen MR) is 145 cm³/mol. The molecule has 0 saturated heterocycles. The number of ketones is 3. The number of carbonyl (C=O) groups is 5. The number of likely N-dealkylation sites (N-methyl/N-ethyl adjacent to an activating group) is 1. The fourth-order valence-electron chi connectivity index (χ4n) is 5.90. The molecule has 3 aliphatic rings. The summed E-state index contributed by atoms with van der Waals surface area (Å²) < 4.78 is 0. The van der Waals surface area contributed by atoms with Crippen LogP contribution in [0.4, 0.5) is 0 Å². The maximum Gasteiger partial charge on any atom is 0.414 e. The average molecular weight is 577 g/mol. The second kappa shape index (κ2) is 11.8. The van der Waals surface area contributed by atoms with Crippen molar-refractivity contribution in [1.29, 1.82) is 0 Å². The predicted octanol–water partition coefficient (Wildman–Crippen LogP) is 0.921. The van der Waals surface area contributed by atoms with E-state index in [1.54, 1.807) is 20.2 Å². The summed E-state index contributed by atoms with van der Waals surface area (Å²) in [6, 6.07) is 2.21. The number of hydrogen-bond acceptors (Lipinski definition) is 11. The molecule has 0 radical (unpaired) electrons. The molecule has 6 N–H and O–H groups in total. The Morgan fingerprint density at radius 1 is 1.00 bits per heavy atom. The first kappa shape index (κ1) is 33.1. The monoisotopic (exact) mass is 576 g/mol. The van der Waals surface area contributed by atoms with E-state index in [1.807, 2.05) is 19.0 Å². The van der Waals surface area contributed by atoms with Crippen molar-refractivity contribution in [2.45, 2.75) is 45.4 Å². The molecule has 1 saturated carbocycles. The van der Waals surface area contributed by atoms with Gasteiger partial charge in [-0.3, -0.25) is 19.3 Å². The summed E-state index contributed by atoms with van der Waals surface area (Å²) in [5.74, 6) is -9.18. The maximum atomic E-state index is 13.8. The molecule has 0 amide bonds. The van der Waals surface area contributed by atoms with Crippen LogP contribution in [0.2, 0.25) is 0 Å². The molecule has 1 fully saturated rings. The molecular formula is C28H36N2O11. The van der Waals surface area contributed by atoms with Crippen LogP contribution in [0.25, 0.3) is 5.76 Å². The highest BCUT2D eigenvalue weighted by molar-refractivity contribution is 6.27. The quantitative estimate of drug-likeness (QED) is 0.218. The molecule has 3 aliphatic carbocycles. The second-order valence-electron chi connectivity index (χ2n) is 10.6. The Morgan fingerprint density at radius 2 is 1.56 bits per heavy atom. The summed E-state index contributed by atoms with van der Waals surface area (Å²) in [6.07, 6.45) is 0.422. The smallest absolute Gasteiger partial charge is 0.414 e. The van der Waals surface area contributed by atoms with Crippen LogP contribution in [-0.4, -0.2) is 110 Å². The van der Waals surface area contributed by atoms with Gasteiger partial charge in [-0.05, 0) is 71.1 Å². The number of rotatable bonds is 4. The Morgan fingerprint density at radius 3 is 2.02 bits per heavy atom. The van der Waals surface area contributed by atoms with Gasteiger partial charge < -0.3 is 35.5 Å². The van der Waals surface area contributed by atoms with Gasteiger partial charge in [-0.25, -0.2) is 9.59 Å². The Balaban J connectivity index is 0.000000760. The van der Waals surface area contributed by atoms with E-state index in [4.69, 9.17) is 19.8 Å². The molecule has 0 bridgehead atoms. The summed E-state index contributed by atoms with van der Waals surface area (Å²) in [5.41, 5.74) is -1.54. The fraction of sp³-hybridized carbons (Fsp3) is 0.464. The van der Waals surface area contributed by atoms with Crippen molar-refractivity contribution < 1.29 is 54.6 Å². The highest BCUT2D eigenvalue weighted by atomic mass is 16.4. The second-order valence-corrected chi connectivity index (χ2v) is 10.6. The lowest BCUT2D eigenvalue weighted by atomic mass is 9.57. The number of carboxylic acids is 2.